The summed E-state index contributed by atoms with van der Waals surface area (Å²) in [5, 5.41) is 0. The SMILES string of the molecule is CCCCCCN(C)CCCS(=O)(=O)O. The fourth-order valence-electron chi connectivity index (χ4n) is 1.44. The molecule has 0 fully saturated rings. The molecule has 4 nitrogen and oxygen atoms in total. The number of nitrogens with zero attached hydrogens (tertiary/aromatic N) is 1. The minimum atomic E-state index is -3.78. The van der Waals surface area contributed by atoms with Gasteiger partial charge in [0.1, 0.15) is 0 Å². The number of hydrogen-bond donors (Lipinski definition) is 1. The van der Waals surface area contributed by atoms with E-state index >= 15 is 0 Å². The van der Waals surface area contributed by atoms with Crippen molar-refractivity contribution < 1.29 is 13.0 Å². The van der Waals surface area contributed by atoms with Crippen LogP contribution in [0.1, 0.15) is 39.0 Å². The molecule has 0 aromatic heterocycles. The van der Waals surface area contributed by atoms with Crippen molar-refractivity contribution in [2.24, 2.45) is 0 Å². The molecule has 0 spiro atoms. The van der Waals surface area contributed by atoms with Crippen LogP contribution in [0, 0.1) is 0 Å². The second-order valence-electron chi connectivity index (χ2n) is 4.00. The van der Waals surface area contributed by atoms with Gasteiger partial charge in [0, 0.05) is 0 Å². The third-order valence-corrected chi connectivity index (χ3v) is 3.14. The Morgan fingerprint density at radius 3 is 2.20 bits per heavy atom. The second kappa shape index (κ2) is 8.07. The normalized spacial score (nSPS) is 12.3. The first kappa shape index (κ1) is 14.9. The maximum absolute atomic E-state index is 10.4. The number of rotatable bonds is 9. The van der Waals surface area contributed by atoms with Crippen molar-refractivity contribution in [1.29, 1.82) is 0 Å². The Hall–Kier alpha value is -0.130. The molecular weight excluding hydrogens is 214 g/mol. The molecule has 0 atom stereocenters. The van der Waals surface area contributed by atoms with Crippen LogP contribution in [0.25, 0.3) is 0 Å². The smallest absolute Gasteiger partial charge is 0.264 e. The lowest BCUT2D eigenvalue weighted by Gasteiger charge is -2.15. The molecule has 0 unspecified atom stereocenters. The van der Waals surface area contributed by atoms with Gasteiger partial charge in [-0.05, 0) is 33.0 Å². The quantitative estimate of drug-likeness (QED) is 0.490. The van der Waals surface area contributed by atoms with E-state index in [9.17, 15) is 8.42 Å². The Bertz CT molecular complexity index is 239. The molecule has 1 N–H and O–H groups in total. The minimum absolute atomic E-state index is 0.133. The van der Waals surface area contributed by atoms with Crippen LogP contribution in [0.15, 0.2) is 0 Å². The molecule has 92 valence electrons. The van der Waals surface area contributed by atoms with E-state index in [0.29, 0.717) is 6.42 Å². The highest BCUT2D eigenvalue weighted by molar-refractivity contribution is 7.85. The molecule has 0 heterocycles. The standard InChI is InChI=1S/C10H23NO3S/c1-3-4-5-6-8-11(2)9-7-10-15(12,13)14/h3-10H2,1-2H3,(H,12,13,14). The summed E-state index contributed by atoms with van der Waals surface area (Å²) >= 11 is 0. The summed E-state index contributed by atoms with van der Waals surface area (Å²) in [7, 11) is -1.79. The fraction of sp³-hybridized carbons (Fsp3) is 1.00. The zero-order valence-electron chi connectivity index (χ0n) is 9.78. The molecule has 0 aliphatic rings. The van der Waals surface area contributed by atoms with Gasteiger partial charge >= 0.3 is 0 Å². The van der Waals surface area contributed by atoms with Crippen LogP contribution in [-0.4, -0.2) is 43.8 Å². The average Bonchev–Trinajstić information content (AvgIpc) is 2.10. The Kier molecular flexibility index (Phi) is 8.00. The van der Waals surface area contributed by atoms with E-state index in [1.54, 1.807) is 0 Å². The highest BCUT2D eigenvalue weighted by atomic mass is 32.2. The predicted octanol–water partition coefficient (Wildman–Crippen LogP) is 1.78. The van der Waals surface area contributed by atoms with Crippen LogP contribution >= 0.6 is 0 Å². The van der Waals surface area contributed by atoms with Crippen LogP contribution in [0.5, 0.6) is 0 Å². The first-order valence-corrected chi connectivity index (χ1v) is 7.20. The van der Waals surface area contributed by atoms with Crippen LogP contribution in [0.2, 0.25) is 0 Å². The summed E-state index contributed by atoms with van der Waals surface area (Å²) < 4.78 is 29.4. The van der Waals surface area contributed by atoms with Crippen molar-refractivity contribution in [2.45, 2.75) is 39.0 Å². The molecule has 0 aliphatic heterocycles. The van der Waals surface area contributed by atoms with Gasteiger partial charge in [0.25, 0.3) is 10.1 Å². The van der Waals surface area contributed by atoms with Crippen molar-refractivity contribution in [1.82, 2.24) is 4.90 Å². The first-order chi connectivity index (χ1) is 6.95. The molecule has 0 aromatic carbocycles. The van der Waals surface area contributed by atoms with Gasteiger partial charge in [-0.3, -0.25) is 4.55 Å². The summed E-state index contributed by atoms with van der Waals surface area (Å²) in [6.07, 6.45) is 5.39. The van der Waals surface area contributed by atoms with Crippen molar-refractivity contribution in [2.75, 3.05) is 25.9 Å². The molecule has 0 aromatic rings. The van der Waals surface area contributed by atoms with Crippen LogP contribution in [0.3, 0.4) is 0 Å². The van der Waals surface area contributed by atoms with Crippen LogP contribution in [-0.2, 0) is 10.1 Å². The number of hydrogen-bond acceptors (Lipinski definition) is 3. The Morgan fingerprint density at radius 2 is 1.67 bits per heavy atom. The van der Waals surface area contributed by atoms with E-state index in [-0.39, 0.29) is 5.75 Å². The fourth-order valence-corrected chi connectivity index (χ4v) is 1.93. The van der Waals surface area contributed by atoms with Crippen molar-refractivity contribution in [3.63, 3.8) is 0 Å². The second-order valence-corrected chi connectivity index (χ2v) is 5.58. The molecule has 0 saturated heterocycles. The summed E-state index contributed by atoms with van der Waals surface area (Å²) in [5.74, 6) is -0.133. The van der Waals surface area contributed by atoms with Gasteiger partial charge < -0.3 is 4.90 Å². The molecule has 0 amide bonds. The van der Waals surface area contributed by atoms with Crippen LogP contribution in [0.4, 0.5) is 0 Å². The maximum Gasteiger partial charge on any atom is 0.264 e. The molecule has 0 saturated carbocycles. The predicted molar refractivity (Wildman–Crippen MR) is 62.7 cm³/mol. The third-order valence-electron chi connectivity index (χ3n) is 2.34. The van der Waals surface area contributed by atoms with E-state index in [2.05, 4.69) is 11.8 Å². The Labute approximate surface area is 93.4 Å². The molecule has 0 aliphatic carbocycles. The molecule has 0 bridgehead atoms. The van der Waals surface area contributed by atoms with Gasteiger partial charge in [-0.1, -0.05) is 26.2 Å². The molecule has 0 radical (unpaired) electrons. The lowest BCUT2D eigenvalue weighted by molar-refractivity contribution is 0.324. The molecule has 15 heavy (non-hydrogen) atoms. The summed E-state index contributed by atoms with van der Waals surface area (Å²) in [6.45, 7) is 3.91. The molecular formula is C10H23NO3S. The van der Waals surface area contributed by atoms with Crippen molar-refractivity contribution >= 4 is 10.1 Å². The number of unbranched alkanes of at least 4 members (excludes halogenated alkanes) is 3. The Morgan fingerprint density at radius 1 is 1.07 bits per heavy atom. The van der Waals surface area contributed by atoms with Gasteiger partial charge in [0.05, 0.1) is 5.75 Å². The van der Waals surface area contributed by atoms with Gasteiger partial charge in [-0.25, -0.2) is 0 Å². The minimum Gasteiger partial charge on any atom is -0.306 e. The van der Waals surface area contributed by atoms with Crippen LogP contribution < -0.4 is 0 Å². The van der Waals surface area contributed by atoms with Gasteiger partial charge in [0.2, 0.25) is 0 Å². The Balaban J connectivity index is 3.37. The van der Waals surface area contributed by atoms with Crippen molar-refractivity contribution in [3.05, 3.63) is 0 Å². The summed E-state index contributed by atoms with van der Waals surface area (Å²) in [5.41, 5.74) is 0. The van der Waals surface area contributed by atoms with E-state index in [0.717, 1.165) is 19.5 Å². The monoisotopic (exact) mass is 237 g/mol. The van der Waals surface area contributed by atoms with Crippen molar-refractivity contribution in [3.8, 4) is 0 Å². The van der Waals surface area contributed by atoms with Gasteiger partial charge in [-0.2, -0.15) is 8.42 Å². The summed E-state index contributed by atoms with van der Waals surface area (Å²) in [4.78, 5) is 2.11. The average molecular weight is 237 g/mol. The topological polar surface area (TPSA) is 57.6 Å². The lowest BCUT2D eigenvalue weighted by Crippen LogP contribution is -2.22. The summed E-state index contributed by atoms with van der Waals surface area (Å²) in [6, 6.07) is 0. The maximum atomic E-state index is 10.4. The van der Waals surface area contributed by atoms with Gasteiger partial charge in [-0.15, -0.1) is 0 Å². The lowest BCUT2D eigenvalue weighted by atomic mass is 10.2. The zero-order chi connectivity index (χ0) is 11.7. The molecule has 0 rings (SSSR count). The molecule has 5 heteroatoms. The van der Waals surface area contributed by atoms with Gasteiger partial charge in [0.15, 0.2) is 0 Å². The highest BCUT2D eigenvalue weighted by Crippen LogP contribution is 2.00. The van der Waals surface area contributed by atoms with E-state index < -0.39 is 10.1 Å². The third kappa shape index (κ3) is 11.8. The van der Waals surface area contributed by atoms with E-state index in [1.165, 1.54) is 19.3 Å². The first-order valence-electron chi connectivity index (χ1n) is 5.59. The zero-order valence-corrected chi connectivity index (χ0v) is 10.6. The van der Waals surface area contributed by atoms with E-state index in [4.69, 9.17) is 4.55 Å². The highest BCUT2D eigenvalue weighted by Gasteiger charge is 2.05. The van der Waals surface area contributed by atoms with E-state index in [1.807, 2.05) is 7.05 Å². The largest absolute Gasteiger partial charge is 0.306 e.